The van der Waals surface area contributed by atoms with Crippen molar-refractivity contribution in [2.75, 3.05) is 0 Å². The molecule has 1 atom stereocenters. The van der Waals surface area contributed by atoms with E-state index in [1.165, 1.54) is 18.5 Å². The molecule has 3 rings (SSSR count). The van der Waals surface area contributed by atoms with Gasteiger partial charge in [0.25, 0.3) is 5.91 Å². The van der Waals surface area contributed by atoms with Gasteiger partial charge in [-0.25, -0.2) is 0 Å². The molecule has 1 unspecified atom stereocenters. The molecule has 0 bridgehead atoms. The summed E-state index contributed by atoms with van der Waals surface area (Å²) in [5, 5.41) is 16.7. The van der Waals surface area contributed by atoms with Gasteiger partial charge in [0.05, 0.1) is 11.8 Å². The first kappa shape index (κ1) is 15.9. The summed E-state index contributed by atoms with van der Waals surface area (Å²) in [6, 6.07) is 7.63. The van der Waals surface area contributed by atoms with Crippen molar-refractivity contribution in [1.82, 2.24) is 20.4 Å². The summed E-state index contributed by atoms with van der Waals surface area (Å²) in [6.07, 6.45) is 2.60. The molecule has 0 aliphatic rings. The van der Waals surface area contributed by atoms with Gasteiger partial charge in [-0.2, -0.15) is 4.98 Å². The summed E-state index contributed by atoms with van der Waals surface area (Å²) in [7, 11) is 0. The highest BCUT2D eigenvalue weighted by atomic mass is 35.5. The summed E-state index contributed by atoms with van der Waals surface area (Å²) < 4.78 is 5.01. The number of aryl methyl sites for hydroxylation is 1. The quantitative estimate of drug-likeness (QED) is 0.754. The predicted molar refractivity (Wildman–Crippen MR) is 85.7 cm³/mol. The van der Waals surface area contributed by atoms with Crippen molar-refractivity contribution in [3.8, 4) is 5.75 Å². The zero-order valence-corrected chi connectivity index (χ0v) is 13.4. The third kappa shape index (κ3) is 3.52. The first-order valence-electron chi connectivity index (χ1n) is 7.03. The van der Waals surface area contributed by atoms with Crippen LogP contribution in [0.15, 0.2) is 47.2 Å². The molecule has 2 aromatic heterocycles. The summed E-state index contributed by atoms with van der Waals surface area (Å²) in [5.41, 5.74) is 0.954. The van der Waals surface area contributed by atoms with Gasteiger partial charge in [0.15, 0.2) is 5.82 Å². The predicted octanol–water partition coefficient (Wildman–Crippen LogP) is 2.65. The van der Waals surface area contributed by atoms with Gasteiger partial charge in [0.1, 0.15) is 11.8 Å². The first-order valence-corrected chi connectivity index (χ1v) is 7.41. The number of rotatable bonds is 4. The maximum Gasteiger partial charge on any atom is 0.253 e. The average molecular weight is 345 g/mol. The van der Waals surface area contributed by atoms with Crippen molar-refractivity contribution < 1.29 is 14.4 Å². The van der Waals surface area contributed by atoms with Crippen molar-refractivity contribution in [3.63, 3.8) is 0 Å². The van der Waals surface area contributed by atoms with Crippen LogP contribution in [0.4, 0.5) is 0 Å². The topological polar surface area (TPSA) is 101 Å². The highest BCUT2D eigenvalue weighted by Gasteiger charge is 2.23. The Bertz CT molecular complexity index is 864. The summed E-state index contributed by atoms with van der Waals surface area (Å²) in [5.74, 6) is 0.176. The molecule has 0 radical (unpaired) electrons. The lowest BCUT2D eigenvalue weighted by Crippen LogP contribution is -2.30. The normalized spacial score (nSPS) is 11.9. The number of nitrogens with one attached hydrogen (secondary N) is 1. The Morgan fingerprint density at radius 1 is 1.29 bits per heavy atom. The number of aromatic nitrogens is 3. The van der Waals surface area contributed by atoms with E-state index < -0.39 is 11.9 Å². The molecule has 0 spiro atoms. The second-order valence-electron chi connectivity index (χ2n) is 5.06. The van der Waals surface area contributed by atoms with Crippen molar-refractivity contribution in [3.05, 3.63) is 70.6 Å². The van der Waals surface area contributed by atoms with Gasteiger partial charge in [-0.05, 0) is 23.8 Å². The van der Waals surface area contributed by atoms with Crippen LogP contribution in [0.5, 0.6) is 5.75 Å². The van der Waals surface area contributed by atoms with Crippen molar-refractivity contribution in [1.29, 1.82) is 0 Å². The van der Waals surface area contributed by atoms with Crippen LogP contribution < -0.4 is 5.32 Å². The van der Waals surface area contributed by atoms with Crippen molar-refractivity contribution in [2.45, 2.75) is 13.0 Å². The first-order chi connectivity index (χ1) is 11.5. The third-order valence-corrected chi connectivity index (χ3v) is 3.52. The van der Waals surface area contributed by atoms with Crippen LogP contribution in [-0.2, 0) is 0 Å². The van der Waals surface area contributed by atoms with E-state index in [2.05, 4.69) is 20.4 Å². The Labute approximate surface area is 142 Å². The molecule has 0 saturated carbocycles. The van der Waals surface area contributed by atoms with Gasteiger partial charge in [0.2, 0.25) is 5.89 Å². The maximum absolute atomic E-state index is 12.5. The number of carbonyl (C=O) groups excluding carboxylic acids is 1. The Kier molecular flexibility index (Phi) is 4.43. The minimum Gasteiger partial charge on any atom is -0.506 e. The van der Waals surface area contributed by atoms with E-state index >= 15 is 0 Å². The SMILES string of the molecule is Cc1nc(C(NC(=O)c2cncc(O)c2)c2ccc(Cl)cc2)no1. The number of nitrogens with zero attached hydrogens (tertiary/aromatic N) is 3. The van der Waals surface area contributed by atoms with Crippen LogP contribution in [0, 0.1) is 6.92 Å². The summed E-state index contributed by atoms with van der Waals surface area (Å²) in [6.45, 7) is 1.66. The van der Waals surface area contributed by atoms with E-state index in [1.54, 1.807) is 31.2 Å². The minimum absolute atomic E-state index is 0.0962. The number of aromatic hydroxyl groups is 1. The number of halogens is 1. The molecule has 122 valence electrons. The minimum atomic E-state index is -0.630. The van der Waals surface area contributed by atoms with E-state index in [0.29, 0.717) is 16.7 Å². The van der Waals surface area contributed by atoms with Crippen LogP contribution >= 0.6 is 11.6 Å². The van der Waals surface area contributed by atoms with Gasteiger partial charge in [0, 0.05) is 18.1 Å². The average Bonchev–Trinajstić information content (AvgIpc) is 2.99. The fourth-order valence-corrected chi connectivity index (χ4v) is 2.28. The monoisotopic (exact) mass is 344 g/mol. The number of hydrogen-bond donors (Lipinski definition) is 2. The smallest absolute Gasteiger partial charge is 0.253 e. The van der Waals surface area contributed by atoms with Crippen LogP contribution in [-0.4, -0.2) is 26.1 Å². The van der Waals surface area contributed by atoms with Gasteiger partial charge < -0.3 is 14.9 Å². The molecule has 8 heteroatoms. The van der Waals surface area contributed by atoms with Crippen LogP contribution in [0.25, 0.3) is 0 Å². The van der Waals surface area contributed by atoms with Gasteiger partial charge in [-0.15, -0.1) is 0 Å². The van der Waals surface area contributed by atoms with Gasteiger partial charge >= 0.3 is 0 Å². The van der Waals surface area contributed by atoms with E-state index in [1.807, 2.05) is 0 Å². The van der Waals surface area contributed by atoms with E-state index in [4.69, 9.17) is 16.1 Å². The summed E-state index contributed by atoms with van der Waals surface area (Å²) >= 11 is 5.91. The standard InChI is InChI=1S/C16H13ClN4O3/c1-9-19-15(21-24-9)14(10-2-4-12(17)5-3-10)20-16(23)11-6-13(22)8-18-7-11/h2-8,14,22H,1H3,(H,20,23). The molecule has 3 aromatic rings. The Morgan fingerprint density at radius 3 is 2.67 bits per heavy atom. The largest absolute Gasteiger partial charge is 0.506 e. The Morgan fingerprint density at radius 2 is 2.04 bits per heavy atom. The molecule has 0 fully saturated rings. The van der Waals surface area contributed by atoms with Crippen molar-refractivity contribution in [2.24, 2.45) is 0 Å². The molecule has 24 heavy (non-hydrogen) atoms. The maximum atomic E-state index is 12.5. The summed E-state index contributed by atoms with van der Waals surface area (Å²) in [4.78, 5) is 20.4. The molecule has 0 aliphatic carbocycles. The van der Waals surface area contributed by atoms with Gasteiger partial charge in [-0.3, -0.25) is 9.78 Å². The lowest BCUT2D eigenvalue weighted by molar-refractivity contribution is 0.0940. The lowest BCUT2D eigenvalue weighted by Gasteiger charge is -2.16. The second kappa shape index (κ2) is 6.67. The van der Waals surface area contributed by atoms with Gasteiger partial charge in [-0.1, -0.05) is 28.9 Å². The van der Waals surface area contributed by atoms with E-state index in [-0.39, 0.29) is 11.3 Å². The number of benzene rings is 1. The molecule has 0 aliphatic heterocycles. The van der Waals surface area contributed by atoms with Crippen LogP contribution in [0.2, 0.25) is 5.02 Å². The highest BCUT2D eigenvalue weighted by molar-refractivity contribution is 6.30. The van der Waals surface area contributed by atoms with Crippen molar-refractivity contribution >= 4 is 17.5 Å². The number of carbonyl (C=O) groups is 1. The van der Waals surface area contributed by atoms with E-state index in [0.717, 1.165) is 5.56 Å². The molecule has 0 saturated heterocycles. The number of amides is 1. The van der Waals surface area contributed by atoms with Crippen LogP contribution in [0.1, 0.15) is 33.7 Å². The molecule has 7 nitrogen and oxygen atoms in total. The van der Waals surface area contributed by atoms with E-state index in [9.17, 15) is 9.90 Å². The lowest BCUT2D eigenvalue weighted by atomic mass is 10.1. The molecule has 2 N–H and O–H groups in total. The molecule has 1 aromatic carbocycles. The Hall–Kier alpha value is -2.93. The fourth-order valence-electron chi connectivity index (χ4n) is 2.15. The highest BCUT2D eigenvalue weighted by Crippen LogP contribution is 2.22. The molecular weight excluding hydrogens is 332 g/mol. The fraction of sp³-hybridized carbons (Fsp3) is 0.125. The Balaban J connectivity index is 1.93. The number of hydrogen-bond acceptors (Lipinski definition) is 6. The molecule has 1 amide bonds. The molecule has 2 heterocycles. The zero-order chi connectivity index (χ0) is 17.1. The van der Waals surface area contributed by atoms with Crippen LogP contribution in [0.3, 0.4) is 0 Å². The molecular formula is C16H13ClN4O3. The third-order valence-electron chi connectivity index (χ3n) is 3.27. The number of pyridine rings is 1. The second-order valence-corrected chi connectivity index (χ2v) is 5.50. The zero-order valence-electron chi connectivity index (χ0n) is 12.6.